The van der Waals surface area contributed by atoms with Crippen LogP contribution in [-0.4, -0.2) is 58.5 Å². The number of hydrogen-bond acceptors (Lipinski definition) is 6. The second-order valence-electron chi connectivity index (χ2n) is 7.39. The van der Waals surface area contributed by atoms with Gasteiger partial charge in [0.1, 0.15) is 18.3 Å². The first-order valence-corrected chi connectivity index (χ1v) is 10.1. The van der Waals surface area contributed by atoms with Crippen molar-refractivity contribution in [3.05, 3.63) is 70.6 Å². The fourth-order valence-electron chi connectivity index (χ4n) is 3.90. The van der Waals surface area contributed by atoms with Crippen LogP contribution in [0.2, 0.25) is 0 Å². The molecule has 1 saturated heterocycles. The van der Waals surface area contributed by atoms with Crippen molar-refractivity contribution < 1.29 is 9.53 Å². The lowest BCUT2D eigenvalue weighted by atomic mass is 10.1. The van der Waals surface area contributed by atoms with E-state index >= 15 is 0 Å². The first-order valence-electron chi connectivity index (χ1n) is 10.1. The molecule has 1 aliphatic rings. The Kier molecular flexibility index (Phi) is 5.96. The number of benzene rings is 2. The summed E-state index contributed by atoms with van der Waals surface area (Å²) in [4.78, 5) is 33.2. The molecule has 158 valence electrons. The summed E-state index contributed by atoms with van der Waals surface area (Å²) in [6.45, 7) is 2.15. The molecule has 1 atom stereocenters. The summed E-state index contributed by atoms with van der Waals surface area (Å²) in [5.41, 5.74) is 1.93. The number of piperazine rings is 1. The number of para-hydroxylation sites is 2. The molecule has 1 aliphatic heterocycles. The molecule has 1 aromatic heterocycles. The number of carbonyl (C=O) groups is 1. The van der Waals surface area contributed by atoms with E-state index in [0.717, 1.165) is 11.3 Å². The molecule has 0 spiro atoms. The Balaban J connectivity index is 1.43. The lowest BCUT2D eigenvalue weighted by Crippen LogP contribution is -2.50. The van der Waals surface area contributed by atoms with Crippen LogP contribution in [0.1, 0.15) is 11.6 Å². The third kappa shape index (κ3) is 4.27. The fourth-order valence-corrected chi connectivity index (χ4v) is 3.90. The Morgan fingerprint density at radius 2 is 1.84 bits per heavy atom. The van der Waals surface area contributed by atoms with Crippen molar-refractivity contribution in [1.29, 1.82) is 5.26 Å². The van der Waals surface area contributed by atoms with Crippen LogP contribution in [0.15, 0.2) is 59.5 Å². The third-order valence-corrected chi connectivity index (χ3v) is 5.63. The van der Waals surface area contributed by atoms with Crippen molar-refractivity contribution in [1.82, 2.24) is 19.4 Å². The highest BCUT2D eigenvalue weighted by Gasteiger charge is 2.27. The van der Waals surface area contributed by atoms with Gasteiger partial charge in [-0.1, -0.05) is 24.3 Å². The molecule has 2 heterocycles. The van der Waals surface area contributed by atoms with Crippen molar-refractivity contribution >= 4 is 16.9 Å². The second kappa shape index (κ2) is 8.98. The maximum Gasteiger partial charge on any atom is 0.269 e. The third-order valence-electron chi connectivity index (χ3n) is 5.63. The molecule has 31 heavy (non-hydrogen) atoms. The average Bonchev–Trinajstić information content (AvgIpc) is 2.82. The van der Waals surface area contributed by atoms with Crippen LogP contribution in [0.5, 0.6) is 5.75 Å². The summed E-state index contributed by atoms with van der Waals surface area (Å²) in [6.07, 6.45) is 1.25. The van der Waals surface area contributed by atoms with Gasteiger partial charge in [0, 0.05) is 26.2 Å². The summed E-state index contributed by atoms with van der Waals surface area (Å²) in [7, 11) is 1.61. The van der Waals surface area contributed by atoms with Crippen LogP contribution >= 0.6 is 0 Å². The molecule has 8 heteroatoms. The molecule has 0 bridgehead atoms. The van der Waals surface area contributed by atoms with Crippen LogP contribution in [-0.2, 0) is 11.3 Å². The van der Waals surface area contributed by atoms with E-state index in [2.05, 4.69) is 16.0 Å². The van der Waals surface area contributed by atoms with E-state index < -0.39 is 0 Å². The summed E-state index contributed by atoms with van der Waals surface area (Å²) in [5, 5.41) is 9.71. The number of aromatic nitrogens is 2. The monoisotopic (exact) mass is 417 g/mol. The van der Waals surface area contributed by atoms with Crippen LogP contribution < -0.4 is 10.3 Å². The van der Waals surface area contributed by atoms with E-state index in [4.69, 9.17) is 4.74 Å². The van der Waals surface area contributed by atoms with Crippen LogP contribution in [0, 0.1) is 11.3 Å². The Hall–Kier alpha value is -3.70. The topological polar surface area (TPSA) is 91.5 Å². The van der Waals surface area contributed by atoms with E-state index in [0.29, 0.717) is 37.2 Å². The quantitative estimate of drug-likeness (QED) is 0.629. The van der Waals surface area contributed by atoms with Gasteiger partial charge in [-0.05, 0) is 29.8 Å². The van der Waals surface area contributed by atoms with E-state index in [1.165, 1.54) is 10.8 Å². The van der Waals surface area contributed by atoms with Crippen molar-refractivity contribution in [2.45, 2.75) is 12.6 Å². The Morgan fingerprint density at radius 1 is 1.13 bits per heavy atom. The highest BCUT2D eigenvalue weighted by molar-refractivity contribution is 5.80. The van der Waals surface area contributed by atoms with Gasteiger partial charge < -0.3 is 9.64 Å². The number of fused-ring (bicyclic) bond motifs is 1. The van der Waals surface area contributed by atoms with Gasteiger partial charge in [-0.15, -0.1) is 0 Å². The zero-order chi connectivity index (χ0) is 21.8. The van der Waals surface area contributed by atoms with Gasteiger partial charge in [-0.3, -0.25) is 19.1 Å². The molecule has 0 saturated carbocycles. The fraction of sp³-hybridized carbons (Fsp3) is 0.304. The van der Waals surface area contributed by atoms with Gasteiger partial charge in [-0.2, -0.15) is 5.26 Å². The van der Waals surface area contributed by atoms with Crippen molar-refractivity contribution in [2.75, 3.05) is 33.3 Å². The Morgan fingerprint density at radius 3 is 2.52 bits per heavy atom. The predicted molar refractivity (Wildman–Crippen MR) is 116 cm³/mol. The second-order valence-corrected chi connectivity index (χ2v) is 7.39. The SMILES string of the molecule is COc1ccc(C(C#N)N2CCN(C(=O)Cn3c(=O)cnc4ccccc43)CC2)cc1. The predicted octanol–water partition coefficient (Wildman–Crippen LogP) is 1.81. The molecule has 8 nitrogen and oxygen atoms in total. The van der Waals surface area contributed by atoms with E-state index in [1.54, 1.807) is 18.1 Å². The standard InChI is InChI=1S/C23H23N5O3/c1-31-18-8-6-17(7-9-18)21(14-24)26-10-12-27(13-11-26)23(30)16-28-20-5-3-2-4-19(20)25-15-22(28)29/h2-9,15,21H,10-13,16H2,1H3. The number of nitriles is 1. The van der Waals surface area contributed by atoms with Gasteiger partial charge in [0.05, 0.1) is 30.4 Å². The largest absolute Gasteiger partial charge is 0.497 e. The van der Waals surface area contributed by atoms with Gasteiger partial charge in [-0.25, -0.2) is 4.98 Å². The number of rotatable bonds is 5. The number of ether oxygens (including phenoxy) is 1. The van der Waals surface area contributed by atoms with E-state index in [-0.39, 0.29) is 24.1 Å². The van der Waals surface area contributed by atoms with Crippen molar-refractivity contribution in [2.24, 2.45) is 0 Å². The first kappa shape index (κ1) is 20.6. The van der Waals surface area contributed by atoms with Crippen molar-refractivity contribution in [3.63, 3.8) is 0 Å². The summed E-state index contributed by atoms with van der Waals surface area (Å²) >= 11 is 0. The summed E-state index contributed by atoms with van der Waals surface area (Å²) < 4.78 is 6.65. The minimum absolute atomic E-state index is 0.0258. The number of carbonyl (C=O) groups excluding carboxylic acids is 1. The summed E-state index contributed by atoms with van der Waals surface area (Å²) in [5.74, 6) is 0.630. The molecule has 2 aromatic carbocycles. The summed E-state index contributed by atoms with van der Waals surface area (Å²) in [6, 6.07) is 16.7. The molecule has 0 radical (unpaired) electrons. The van der Waals surface area contributed by atoms with Crippen LogP contribution in [0.3, 0.4) is 0 Å². The van der Waals surface area contributed by atoms with Gasteiger partial charge >= 0.3 is 0 Å². The highest BCUT2D eigenvalue weighted by atomic mass is 16.5. The lowest BCUT2D eigenvalue weighted by molar-refractivity contribution is -0.133. The maximum absolute atomic E-state index is 12.9. The smallest absolute Gasteiger partial charge is 0.269 e. The first-order chi connectivity index (χ1) is 15.1. The van der Waals surface area contributed by atoms with Gasteiger partial charge in [0.2, 0.25) is 5.91 Å². The highest BCUT2D eigenvalue weighted by Crippen LogP contribution is 2.24. The van der Waals surface area contributed by atoms with Gasteiger partial charge in [0.25, 0.3) is 5.56 Å². The number of nitrogens with zero attached hydrogens (tertiary/aromatic N) is 5. The average molecular weight is 417 g/mol. The molecule has 1 fully saturated rings. The number of amides is 1. The molecule has 0 N–H and O–H groups in total. The van der Waals surface area contributed by atoms with Crippen LogP contribution in [0.4, 0.5) is 0 Å². The van der Waals surface area contributed by atoms with Crippen LogP contribution in [0.25, 0.3) is 11.0 Å². The van der Waals surface area contributed by atoms with Crippen molar-refractivity contribution in [3.8, 4) is 11.8 Å². The molecule has 3 aromatic rings. The zero-order valence-electron chi connectivity index (χ0n) is 17.3. The molecule has 1 unspecified atom stereocenters. The molecular weight excluding hydrogens is 394 g/mol. The van der Waals surface area contributed by atoms with Gasteiger partial charge in [0.15, 0.2) is 0 Å². The minimum atomic E-state index is -0.380. The Labute approximate surface area is 179 Å². The normalized spacial score (nSPS) is 15.4. The molecule has 4 rings (SSSR count). The maximum atomic E-state index is 12.9. The molecule has 1 amide bonds. The lowest BCUT2D eigenvalue weighted by Gasteiger charge is -2.37. The molecule has 0 aliphatic carbocycles. The number of hydrogen-bond donors (Lipinski definition) is 0. The van der Waals surface area contributed by atoms with E-state index in [1.807, 2.05) is 42.5 Å². The minimum Gasteiger partial charge on any atom is -0.497 e. The molecular formula is C23H23N5O3. The zero-order valence-corrected chi connectivity index (χ0v) is 17.3. The Bertz CT molecular complexity index is 1170. The number of methoxy groups -OCH3 is 1. The van der Waals surface area contributed by atoms with E-state index in [9.17, 15) is 14.9 Å².